The lowest BCUT2D eigenvalue weighted by Gasteiger charge is -2.46. The van der Waals surface area contributed by atoms with Crippen LogP contribution >= 0.6 is 0 Å². The zero-order valence-corrected chi connectivity index (χ0v) is 16.9. The summed E-state index contributed by atoms with van der Waals surface area (Å²) in [4.78, 5) is 2.29. The van der Waals surface area contributed by atoms with Gasteiger partial charge in [-0.3, -0.25) is 0 Å². The lowest BCUT2D eigenvalue weighted by Crippen LogP contribution is -2.58. The Balaban J connectivity index is 1.60. The van der Waals surface area contributed by atoms with Crippen LogP contribution in [-0.2, 0) is 5.41 Å². The molecule has 0 aromatic heterocycles. The van der Waals surface area contributed by atoms with Gasteiger partial charge in [0.2, 0.25) is 5.72 Å². The van der Waals surface area contributed by atoms with Gasteiger partial charge in [-0.25, -0.2) is 0 Å². The quantitative estimate of drug-likeness (QED) is 0.323. The molecule has 0 radical (unpaired) electrons. The molecule has 2 nitrogen and oxygen atoms in total. The van der Waals surface area contributed by atoms with Crippen molar-refractivity contribution in [2.24, 2.45) is 0 Å². The number of nitrogens with zero attached hydrogens (tertiary/aromatic N) is 1. The summed E-state index contributed by atoms with van der Waals surface area (Å²) in [6.07, 6.45) is 4.47. The van der Waals surface area contributed by atoms with Gasteiger partial charge in [0.15, 0.2) is 0 Å². The minimum Gasteiger partial charge on any atom is -0.462 e. The van der Waals surface area contributed by atoms with Crippen molar-refractivity contribution < 1.29 is 4.74 Å². The number of likely N-dealkylation sites (N-methyl/N-ethyl adjacent to an activating group) is 1. The first kappa shape index (κ1) is 16.7. The van der Waals surface area contributed by atoms with E-state index >= 15 is 0 Å². The maximum absolute atomic E-state index is 6.99. The first-order chi connectivity index (χ1) is 14.0. The minimum absolute atomic E-state index is 0.189. The largest absolute Gasteiger partial charge is 0.462 e. The van der Waals surface area contributed by atoms with Gasteiger partial charge in [0.25, 0.3) is 0 Å². The highest BCUT2D eigenvalue weighted by atomic mass is 16.5. The maximum Gasteiger partial charge on any atom is 0.211 e. The predicted octanol–water partition coefficient (Wildman–Crippen LogP) is 6.52. The fourth-order valence-electron chi connectivity index (χ4n) is 5.24. The van der Waals surface area contributed by atoms with Crippen LogP contribution in [0.25, 0.3) is 27.6 Å². The fourth-order valence-corrected chi connectivity index (χ4v) is 5.24. The number of anilines is 1. The molecule has 2 heteroatoms. The highest BCUT2D eigenvalue weighted by Crippen LogP contribution is 2.55. The van der Waals surface area contributed by atoms with E-state index in [-0.39, 0.29) is 5.41 Å². The van der Waals surface area contributed by atoms with Gasteiger partial charge < -0.3 is 9.64 Å². The normalized spacial score (nSPS) is 21.4. The van der Waals surface area contributed by atoms with Crippen LogP contribution in [0.2, 0.25) is 0 Å². The second-order valence-electron chi connectivity index (χ2n) is 8.74. The van der Waals surface area contributed by atoms with Crippen molar-refractivity contribution in [3.8, 4) is 5.75 Å². The van der Waals surface area contributed by atoms with Crippen molar-refractivity contribution in [1.29, 1.82) is 0 Å². The average molecular weight is 377 g/mol. The van der Waals surface area contributed by atoms with E-state index in [4.69, 9.17) is 4.74 Å². The molecule has 1 unspecified atom stereocenters. The maximum atomic E-state index is 6.99. The molecule has 142 valence electrons. The summed E-state index contributed by atoms with van der Waals surface area (Å²) in [5.74, 6) is 0.975. The molecule has 0 bridgehead atoms. The van der Waals surface area contributed by atoms with Gasteiger partial charge in [-0.05, 0) is 65.9 Å². The highest BCUT2D eigenvalue weighted by molar-refractivity contribution is 6.02. The van der Waals surface area contributed by atoms with E-state index in [0.717, 1.165) is 11.3 Å². The van der Waals surface area contributed by atoms with Crippen LogP contribution in [0.5, 0.6) is 5.75 Å². The Morgan fingerprint density at radius 1 is 0.793 bits per heavy atom. The van der Waals surface area contributed by atoms with Crippen LogP contribution in [0.4, 0.5) is 5.69 Å². The van der Waals surface area contributed by atoms with E-state index < -0.39 is 5.72 Å². The number of fused-ring (bicyclic) bond motifs is 5. The first-order valence-electron chi connectivity index (χ1n) is 10.2. The number of rotatable bonds is 0. The van der Waals surface area contributed by atoms with Gasteiger partial charge in [0.05, 0.1) is 5.41 Å². The first-order valence-corrected chi connectivity index (χ1v) is 10.2. The summed E-state index contributed by atoms with van der Waals surface area (Å²) in [6.45, 7) is 4.57. The van der Waals surface area contributed by atoms with Crippen molar-refractivity contribution in [1.82, 2.24) is 0 Å². The Morgan fingerprint density at radius 2 is 1.52 bits per heavy atom. The third-order valence-electron chi connectivity index (χ3n) is 6.95. The molecule has 2 aliphatic rings. The lowest BCUT2D eigenvalue weighted by molar-refractivity contribution is 0.0598. The van der Waals surface area contributed by atoms with Gasteiger partial charge in [0.1, 0.15) is 5.75 Å². The molecule has 0 N–H and O–H groups in total. The van der Waals surface area contributed by atoms with Crippen LogP contribution in [0.1, 0.15) is 25.0 Å². The van der Waals surface area contributed by atoms with E-state index in [1.165, 1.54) is 32.8 Å². The zero-order valence-electron chi connectivity index (χ0n) is 16.9. The standard InChI is InChI=1S/C27H23NO/c1-26(2)23-10-6-7-11-24(23)28(3)27(26)15-14-18-12-13-21-16-19-8-4-5-9-20(19)17-22(21)25(18)29-27/h4-17H,1-3H3. The topological polar surface area (TPSA) is 12.5 Å². The Hall–Kier alpha value is -3.26. The molecule has 4 aromatic carbocycles. The summed E-state index contributed by atoms with van der Waals surface area (Å²) in [6, 6.07) is 26.1. The molecule has 0 fully saturated rings. The summed E-state index contributed by atoms with van der Waals surface area (Å²) < 4.78 is 6.99. The molecule has 0 aliphatic carbocycles. The third-order valence-corrected chi connectivity index (χ3v) is 6.95. The monoisotopic (exact) mass is 377 g/mol. The lowest BCUT2D eigenvalue weighted by atomic mass is 9.76. The molecule has 0 saturated heterocycles. The molecule has 1 atom stereocenters. The van der Waals surface area contributed by atoms with E-state index in [9.17, 15) is 0 Å². The van der Waals surface area contributed by atoms with E-state index in [0.29, 0.717) is 0 Å². The minimum atomic E-state index is -0.552. The smallest absolute Gasteiger partial charge is 0.211 e. The van der Waals surface area contributed by atoms with Crippen LogP contribution < -0.4 is 9.64 Å². The Morgan fingerprint density at radius 3 is 2.31 bits per heavy atom. The fraction of sp³-hybridized carbons (Fsp3) is 0.185. The molecular weight excluding hydrogens is 354 g/mol. The van der Waals surface area contributed by atoms with E-state index in [1.807, 2.05) is 0 Å². The molecule has 0 saturated carbocycles. The molecule has 4 aromatic rings. The Kier molecular flexibility index (Phi) is 3.11. The number of hydrogen-bond acceptors (Lipinski definition) is 2. The predicted molar refractivity (Wildman–Crippen MR) is 122 cm³/mol. The van der Waals surface area contributed by atoms with Gasteiger partial charge >= 0.3 is 0 Å². The van der Waals surface area contributed by atoms with Gasteiger partial charge in [-0.15, -0.1) is 0 Å². The second-order valence-corrected chi connectivity index (χ2v) is 8.74. The number of benzene rings is 4. The van der Waals surface area contributed by atoms with Gasteiger partial charge in [-0.2, -0.15) is 0 Å². The number of ether oxygens (including phenoxy) is 1. The van der Waals surface area contributed by atoms with E-state index in [1.54, 1.807) is 0 Å². The Labute approximate surface area is 171 Å². The Bertz CT molecular complexity index is 1330. The zero-order chi connectivity index (χ0) is 19.8. The number of hydrogen-bond donors (Lipinski definition) is 0. The molecule has 1 spiro atoms. The third kappa shape index (κ3) is 2.01. The average Bonchev–Trinajstić information content (AvgIpc) is 2.91. The number of para-hydroxylation sites is 1. The van der Waals surface area contributed by atoms with Crippen molar-refractivity contribution >= 4 is 33.3 Å². The van der Waals surface area contributed by atoms with Crippen molar-refractivity contribution in [3.63, 3.8) is 0 Å². The summed E-state index contributed by atoms with van der Waals surface area (Å²) >= 11 is 0. The highest BCUT2D eigenvalue weighted by Gasteiger charge is 2.57. The summed E-state index contributed by atoms with van der Waals surface area (Å²) in [5.41, 5.74) is 2.95. The molecule has 29 heavy (non-hydrogen) atoms. The van der Waals surface area contributed by atoms with Crippen molar-refractivity contribution in [2.45, 2.75) is 25.0 Å². The second kappa shape index (κ2) is 5.42. The van der Waals surface area contributed by atoms with Crippen LogP contribution in [0, 0.1) is 0 Å². The molecule has 6 rings (SSSR count). The van der Waals surface area contributed by atoms with Gasteiger partial charge in [-0.1, -0.05) is 54.6 Å². The SMILES string of the molecule is CN1c2ccccc2C(C)(C)C12C=Cc1ccc3cc4ccccc4cc3c1O2. The van der Waals surface area contributed by atoms with Crippen LogP contribution in [0.3, 0.4) is 0 Å². The van der Waals surface area contributed by atoms with Crippen molar-refractivity contribution in [3.05, 3.63) is 90.0 Å². The summed E-state index contributed by atoms with van der Waals surface area (Å²) in [7, 11) is 2.14. The van der Waals surface area contributed by atoms with Gasteiger partial charge in [0, 0.05) is 23.7 Å². The van der Waals surface area contributed by atoms with E-state index in [2.05, 4.69) is 111 Å². The van der Waals surface area contributed by atoms with Crippen molar-refractivity contribution in [2.75, 3.05) is 11.9 Å². The van der Waals surface area contributed by atoms with Crippen LogP contribution in [-0.4, -0.2) is 12.8 Å². The molecule has 2 aliphatic heterocycles. The molecule has 2 heterocycles. The van der Waals surface area contributed by atoms with Crippen LogP contribution in [0.15, 0.2) is 78.9 Å². The summed E-state index contributed by atoms with van der Waals surface area (Å²) in [5, 5.41) is 4.88. The molecular formula is C27H23NO. The molecule has 0 amide bonds.